The van der Waals surface area contributed by atoms with Crippen LogP contribution < -0.4 is 11.1 Å². The van der Waals surface area contributed by atoms with Crippen LogP contribution in [0.3, 0.4) is 0 Å². The molecule has 3 nitrogen and oxygen atoms in total. The summed E-state index contributed by atoms with van der Waals surface area (Å²) < 4.78 is 0. The zero-order valence-electron chi connectivity index (χ0n) is 10.6. The molecule has 3 N–H and O–H groups in total. The summed E-state index contributed by atoms with van der Waals surface area (Å²) in [6.07, 6.45) is 3.35. The van der Waals surface area contributed by atoms with Gasteiger partial charge in [-0.2, -0.15) is 0 Å². The van der Waals surface area contributed by atoms with Gasteiger partial charge in [0.25, 0.3) is 0 Å². The first-order valence-corrected chi connectivity index (χ1v) is 5.99. The standard InChI is InChI=1S/C12H26N2O/c1-5-12(13,6-2)9-14-11(15)8-7-10(3)4/h10H,5-9,13H2,1-4H3,(H,14,15). The Bertz CT molecular complexity index is 186. The highest BCUT2D eigenvalue weighted by atomic mass is 16.1. The van der Waals surface area contributed by atoms with Crippen molar-refractivity contribution in [1.82, 2.24) is 5.32 Å². The molecule has 0 saturated heterocycles. The zero-order valence-corrected chi connectivity index (χ0v) is 10.6. The van der Waals surface area contributed by atoms with E-state index in [-0.39, 0.29) is 11.4 Å². The van der Waals surface area contributed by atoms with E-state index in [1.165, 1.54) is 0 Å². The maximum atomic E-state index is 11.5. The third kappa shape index (κ3) is 6.50. The maximum absolute atomic E-state index is 11.5. The molecule has 0 aromatic heterocycles. The number of amides is 1. The molecule has 0 aliphatic carbocycles. The summed E-state index contributed by atoms with van der Waals surface area (Å²) in [5.74, 6) is 0.705. The average Bonchev–Trinajstić information content (AvgIpc) is 2.23. The first-order valence-electron chi connectivity index (χ1n) is 5.99. The molecular weight excluding hydrogens is 188 g/mol. The van der Waals surface area contributed by atoms with Gasteiger partial charge in [0, 0.05) is 18.5 Å². The molecule has 0 aromatic rings. The molecule has 0 heterocycles. The first-order chi connectivity index (χ1) is 6.93. The third-order valence-electron chi connectivity index (χ3n) is 2.99. The lowest BCUT2D eigenvalue weighted by atomic mass is 9.94. The Morgan fingerprint density at radius 1 is 1.33 bits per heavy atom. The summed E-state index contributed by atoms with van der Waals surface area (Å²) in [6, 6.07) is 0. The predicted molar refractivity (Wildman–Crippen MR) is 64.6 cm³/mol. The van der Waals surface area contributed by atoms with Crippen LogP contribution in [0, 0.1) is 5.92 Å². The van der Waals surface area contributed by atoms with E-state index in [1.807, 2.05) is 0 Å². The lowest BCUT2D eigenvalue weighted by Gasteiger charge is -2.26. The fourth-order valence-electron chi connectivity index (χ4n) is 1.28. The molecule has 0 fully saturated rings. The minimum absolute atomic E-state index is 0.125. The van der Waals surface area contributed by atoms with Crippen molar-refractivity contribution in [3.05, 3.63) is 0 Å². The molecule has 0 saturated carbocycles. The lowest BCUT2D eigenvalue weighted by molar-refractivity contribution is -0.121. The molecule has 3 heteroatoms. The predicted octanol–water partition coefficient (Wildman–Crippen LogP) is 2.06. The largest absolute Gasteiger partial charge is 0.354 e. The summed E-state index contributed by atoms with van der Waals surface area (Å²) in [5, 5.41) is 2.92. The second-order valence-corrected chi connectivity index (χ2v) is 4.78. The SMILES string of the molecule is CCC(N)(CC)CNC(=O)CCC(C)C. The fourth-order valence-corrected chi connectivity index (χ4v) is 1.28. The third-order valence-corrected chi connectivity index (χ3v) is 2.99. The van der Waals surface area contributed by atoms with E-state index in [4.69, 9.17) is 5.73 Å². The van der Waals surface area contributed by atoms with Crippen molar-refractivity contribution in [2.24, 2.45) is 11.7 Å². The Balaban J connectivity index is 3.79. The van der Waals surface area contributed by atoms with Crippen LogP contribution in [-0.2, 0) is 4.79 Å². The second kappa shape index (κ2) is 6.83. The highest BCUT2D eigenvalue weighted by Gasteiger charge is 2.20. The van der Waals surface area contributed by atoms with E-state index in [1.54, 1.807) is 0 Å². The van der Waals surface area contributed by atoms with Crippen molar-refractivity contribution >= 4 is 5.91 Å². The maximum Gasteiger partial charge on any atom is 0.220 e. The molecule has 90 valence electrons. The van der Waals surface area contributed by atoms with Crippen LogP contribution >= 0.6 is 0 Å². The molecule has 0 bridgehead atoms. The first kappa shape index (κ1) is 14.4. The molecule has 0 aromatic carbocycles. The highest BCUT2D eigenvalue weighted by molar-refractivity contribution is 5.75. The molecule has 0 aliphatic rings. The monoisotopic (exact) mass is 214 g/mol. The second-order valence-electron chi connectivity index (χ2n) is 4.78. The van der Waals surface area contributed by atoms with Crippen LogP contribution in [0.25, 0.3) is 0 Å². The van der Waals surface area contributed by atoms with E-state index < -0.39 is 0 Å². The minimum Gasteiger partial charge on any atom is -0.354 e. The normalized spacial score (nSPS) is 11.9. The molecule has 0 unspecified atom stereocenters. The van der Waals surface area contributed by atoms with E-state index >= 15 is 0 Å². The smallest absolute Gasteiger partial charge is 0.220 e. The van der Waals surface area contributed by atoms with Gasteiger partial charge in [-0.05, 0) is 25.2 Å². The van der Waals surface area contributed by atoms with Gasteiger partial charge in [0.1, 0.15) is 0 Å². The summed E-state index contributed by atoms with van der Waals surface area (Å²) >= 11 is 0. The average molecular weight is 214 g/mol. The van der Waals surface area contributed by atoms with E-state index in [2.05, 4.69) is 33.0 Å². The molecule has 0 spiro atoms. The summed E-state index contributed by atoms with van der Waals surface area (Å²) in [5.41, 5.74) is 5.86. The van der Waals surface area contributed by atoms with E-state index in [0.717, 1.165) is 19.3 Å². The van der Waals surface area contributed by atoms with Crippen molar-refractivity contribution in [1.29, 1.82) is 0 Å². The van der Waals surface area contributed by atoms with Gasteiger partial charge < -0.3 is 11.1 Å². The molecule has 0 aliphatic heterocycles. The van der Waals surface area contributed by atoms with Crippen molar-refractivity contribution in [2.45, 2.75) is 58.9 Å². The fraction of sp³-hybridized carbons (Fsp3) is 0.917. The van der Waals surface area contributed by atoms with E-state index in [9.17, 15) is 4.79 Å². The van der Waals surface area contributed by atoms with Crippen LogP contribution in [0.1, 0.15) is 53.4 Å². The Hall–Kier alpha value is -0.570. The summed E-state index contributed by atoms with van der Waals surface area (Å²) in [7, 11) is 0. The van der Waals surface area contributed by atoms with Gasteiger partial charge in [-0.3, -0.25) is 4.79 Å². The molecule has 0 atom stereocenters. The van der Waals surface area contributed by atoms with Crippen LogP contribution in [0.15, 0.2) is 0 Å². The van der Waals surface area contributed by atoms with Crippen molar-refractivity contribution in [3.8, 4) is 0 Å². The van der Waals surface area contributed by atoms with E-state index in [0.29, 0.717) is 18.9 Å². The minimum atomic E-state index is -0.229. The van der Waals surface area contributed by atoms with Gasteiger partial charge in [-0.1, -0.05) is 27.7 Å². The Labute approximate surface area is 93.8 Å². The van der Waals surface area contributed by atoms with Crippen LogP contribution in [0.5, 0.6) is 0 Å². The summed E-state index contributed by atoms with van der Waals surface area (Å²) in [4.78, 5) is 11.5. The van der Waals surface area contributed by atoms with Gasteiger partial charge in [0.05, 0.1) is 0 Å². The van der Waals surface area contributed by atoms with Crippen LogP contribution in [0.4, 0.5) is 0 Å². The molecular formula is C12H26N2O. The quantitative estimate of drug-likeness (QED) is 0.681. The number of carbonyl (C=O) groups excluding carboxylic acids is 1. The van der Waals surface area contributed by atoms with Gasteiger partial charge in [-0.15, -0.1) is 0 Å². The van der Waals surface area contributed by atoms with Gasteiger partial charge in [-0.25, -0.2) is 0 Å². The van der Waals surface area contributed by atoms with Gasteiger partial charge in [0.2, 0.25) is 5.91 Å². The molecule has 0 radical (unpaired) electrons. The van der Waals surface area contributed by atoms with Gasteiger partial charge >= 0.3 is 0 Å². The number of hydrogen-bond donors (Lipinski definition) is 2. The topological polar surface area (TPSA) is 55.1 Å². The highest BCUT2D eigenvalue weighted by Crippen LogP contribution is 2.09. The lowest BCUT2D eigenvalue weighted by Crippen LogP contribution is -2.49. The van der Waals surface area contributed by atoms with Crippen LogP contribution in [-0.4, -0.2) is 18.0 Å². The Morgan fingerprint density at radius 3 is 2.27 bits per heavy atom. The summed E-state index contributed by atoms with van der Waals surface area (Å²) in [6.45, 7) is 8.96. The molecule has 0 rings (SSSR count). The van der Waals surface area contributed by atoms with Crippen molar-refractivity contribution in [2.75, 3.05) is 6.54 Å². The van der Waals surface area contributed by atoms with Gasteiger partial charge in [0.15, 0.2) is 0 Å². The Kier molecular flexibility index (Phi) is 6.57. The number of carbonyl (C=O) groups is 1. The van der Waals surface area contributed by atoms with Crippen LogP contribution in [0.2, 0.25) is 0 Å². The number of hydrogen-bond acceptors (Lipinski definition) is 2. The van der Waals surface area contributed by atoms with Crippen molar-refractivity contribution in [3.63, 3.8) is 0 Å². The molecule has 1 amide bonds. The number of nitrogens with one attached hydrogen (secondary N) is 1. The number of nitrogens with two attached hydrogens (primary N) is 1. The van der Waals surface area contributed by atoms with Crippen molar-refractivity contribution < 1.29 is 4.79 Å². The zero-order chi connectivity index (χ0) is 11.9. The molecule has 15 heavy (non-hydrogen) atoms. The Morgan fingerprint density at radius 2 is 1.87 bits per heavy atom. The number of rotatable bonds is 7.